The standard InChI is InChI=1S/C17H23ClFNO/c18-15-5-4-14(16(19)8-15)10-20-7-1-6-17(11-20,12-21)9-13-2-3-13/h4-5,8,13,21H,1-3,6-7,9-12H2. The Hall–Kier alpha value is -0.640. The Kier molecular flexibility index (Phi) is 4.53. The lowest BCUT2D eigenvalue weighted by Crippen LogP contribution is -2.45. The van der Waals surface area contributed by atoms with E-state index >= 15 is 0 Å². The molecule has 1 aliphatic heterocycles. The first kappa shape index (κ1) is 15.3. The molecule has 0 spiro atoms. The number of aliphatic hydroxyl groups is 1. The van der Waals surface area contributed by atoms with Crippen LogP contribution < -0.4 is 0 Å². The normalized spacial score (nSPS) is 27.0. The number of hydrogen-bond donors (Lipinski definition) is 1. The van der Waals surface area contributed by atoms with Crippen LogP contribution in [0.3, 0.4) is 0 Å². The molecular formula is C17H23ClFNO. The van der Waals surface area contributed by atoms with Crippen LogP contribution in [0.5, 0.6) is 0 Å². The molecule has 3 rings (SSSR count). The molecule has 1 aliphatic carbocycles. The molecule has 1 saturated heterocycles. The zero-order valence-corrected chi connectivity index (χ0v) is 13.1. The fourth-order valence-corrected chi connectivity index (χ4v) is 3.79. The molecule has 1 aromatic carbocycles. The van der Waals surface area contributed by atoms with Crippen LogP contribution in [0.25, 0.3) is 0 Å². The Morgan fingerprint density at radius 2 is 2.19 bits per heavy atom. The van der Waals surface area contributed by atoms with Crippen LogP contribution in [0.4, 0.5) is 4.39 Å². The van der Waals surface area contributed by atoms with Gasteiger partial charge in [-0.1, -0.05) is 30.5 Å². The van der Waals surface area contributed by atoms with Crippen LogP contribution in [-0.4, -0.2) is 29.7 Å². The second-order valence-electron chi connectivity index (χ2n) is 6.86. The second kappa shape index (κ2) is 6.23. The first-order chi connectivity index (χ1) is 10.1. The highest BCUT2D eigenvalue weighted by atomic mass is 35.5. The molecule has 1 N–H and O–H groups in total. The van der Waals surface area contributed by atoms with Crippen molar-refractivity contribution in [1.29, 1.82) is 0 Å². The van der Waals surface area contributed by atoms with Gasteiger partial charge in [0.05, 0.1) is 0 Å². The molecule has 2 fully saturated rings. The number of halogens is 2. The van der Waals surface area contributed by atoms with Gasteiger partial charge in [-0.2, -0.15) is 0 Å². The van der Waals surface area contributed by atoms with E-state index in [4.69, 9.17) is 11.6 Å². The maximum atomic E-state index is 13.9. The molecule has 1 heterocycles. The molecule has 1 unspecified atom stereocenters. The van der Waals surface area contributed by atoms with Gasteiger partial charge in [-0.25, -0.2) is 4.39 Å². The van der Waals surface area contributed by atoms with E-state index in [2.05, 4.69) is 4.90 Å². The number of likely N-dealkylation sites (tertiary alicyclic amines) is 1. The van der Waals surface area contributed by atoms with Crippen molar-refractivity contribution in [3.8, 4) is 0 Å². The van der Waals surface area contributed by atoms with Crippen molar-refractivity contribution in [2.24, 2.45) is 11.3 Å². The van der Waals surface area contributed by atoms with E-state index < -0.39 is 0 Å². The van der Waals surface area contributed by atoms with Crippen LogP contribution in [-0.2, 0) is 6.54 Å². The van der Waals surface area contributed by atoms with Gasteiger partial charge in [0.15, 0.2) is 0 Å². The lowest BCUT2D eigenvalue weighted by Gasteiger charge is -2.42. The van der Waals surface area contributed by atoms with Crippen molar-refractivity contribution in [3.05, 3.63) is 34.6 Å². The molecule has 1 saturated carbocycles. The van der Waals surface area contributed by atoms with Crippen LogP contribution in [0.1, 0.15) is 37.7 Å². The summed E-state index contributed by atoms with van der Waals surface area (Å²) in [5.41, 5.74) is 0.724. The smallest absolute Gasteiger partial charge is 0.129 e. The molecule has 1 atom stereocenters. The van der Waals surface area contributed by atoms with Crippen molar-refractivity contribution in [1.82, 2.24) is 4.90 Å². The summed E-state index contributed by atoms with van der Waals surface area (Å²) in [4.78, 5) is 2.29. The van der Waals surface area contributed by atoms with E-state index in [-0.39, 0.29) is 17.8 Å². The van der Waals surface area contributed by atoms with E-state index in [1.165, 1.54) is 18.9 Å². The average molecular weight is 312 g/mol. The van der Waals surface area contributed by atoms with Gasteiger partial charge in [0, 0.05) is 35.7 Å². The lowest BCUT2D eigenvalue weighted by molar-refractivity contribution is 0.0176. The third kappa shape index (κ3) is 3.77. The van der Waals surface area contributed by atoms with Crippen molar-refractivity contribution in [3.63, 3.8) is 0 Å². The molecule has 0 aromatic heterocycles. The van der Waals surface area contributed by atoms with Crippen molar-refractivity contribution in [2.75, 3.05) is 19.7 Å². The van der Waals surface area contributed by atoms with Gasteiger partial charge < -0.3 is 5.11 Å². The van der Waals surface area contributed by atoms with E-state index in [1.54, 1.807) is 12.1 Å². The van der Waals surface area contributed by atoms with Crippen LogP contribution in [0, 0.1) is 17.2 Å². The minimum absolute atomic E-state index is 0.0301. The summed E-state index contributed by atoms with van der Waals surface area (Å²) in [7, 11) is 0. The van der Waals surface area contributed by atoms with Crippen LogP contribution in [0.2, 0.25) is 5.02 Å². The van der Waals surface area contributed by atoms with Gasteiger partial charge in [-0.05, 0) is 43.9 Å². The topological polar surface area (TPSA) is 23.5 Å². The third-order valence-electron chi connectivity index (χ3n) is 4.90. The fraction of sp³-hybridized carbons (Fsp3) is 0.647. The average Bonchev–Trinajstić information content (AvgIpc) is 3.26. The molecule has 21 heavy (non-hydrogen) atoms. The maximum Gasteiger partial charge on any atom is 0.129 e. The highest BCUT2D eigenvalue weighted by Gasteiger charge is 2.39. The zero-order valence-electron chi connectivity index (χ0n) is 12.3. The van der Waals surface area contributed by atoms with Gasteiger partial charge in [0.25, 0.3) is 0 Å². The van der Waals surface area contributed by atoms with Gasteiger partial charge in [-0.3, -0.25) is 4.90 Å². The van der Waals surface area contributed by atoms with Crippen molar-refractivity contribution in [2.45, 2.75) is 38.6 Å². The minimum Gasteiger partial charge on any atom is -0.396 e. The molecular weight excluding hydrogens is 289 g/mol. The molecule has 0 radical (unpaired) electrons. The van der Waals surface area contributed by atoms with E-state index in [0.717, 1.165) is 38.3 Å². The molecule has 2 nitrogen and oxygen atoms in total. The number of aliphatic hydroxyl groups excluding tert-OH is 1. The van der Waals surface area contributed by atoms with Gasteiger partial charge in [0.1, 0.15) is 5.82 Å². The van der Waals surface area contributed by atoms with Crippen molar-refractivity contribution >= 4 is 11.6 Å². The first-order valence-corrected chi connectivity index (χ1v) is 8.25. The van der Waals surface area contributed by atoms with Gasteiger partial charge in [0.2, 0.25) is 0 Å². The molecule has 0 amide bonds. The Morgan fingerprint density at radius 3 is 2.86 bits per heavy atom. The second-order valence-corrected chi connectivity index (χ2v) is 7.29. The maximum absolute atomic E-state index is 13.9. The van der Waals surface area contributed by atoms with Crippen molar-refractivity contribution < 1.29 is 9.50 Å². The Bertz CT molecular complexity index is 506. The summed E-state index contributed by atoms with van der Waals surface area (Å²) in [6, 6.07) is 4.89. The monoisotopic (exact) mass is 311 g/mol. The number of hydrogen-bond acceptors (Lipinski definition) is 2. The predicted molar refractivity (Wildman–Crippen MR) is 82.8 cm³/mol. The first-order valence-electron chi connectivity index (χ1n) is 7.87. The fourth-order valence-electron chi connectivity index (χ4n) is 3.63. The third-order valence-corrected chi connectivity index (χ3v) is 5.14. The summed E-state index contributed by atoms with van der Waals surface area (Å²) in [6.45, 7) is 2.72. The number of piperidine rings is 1. The minimum atomic E-state index is -0.232. The quantitative estimate of drug-likeness (QED) is 0.892. The van der Waals surface area contributed by atoms with E-state index in [1.807, 2.05) is 0 Å². The summed E-state index contributed by atoms with van der Waals surface area (Å²) in [5, 5.41) is 10.3. The van der Waals surface area contributed by atoms with E-state index in [0.29, 0.717) is 17.1 Å². The Balaban J connectivity index is 1.67. The Morgan fingerprint density at radius 1 is 1.38 bits per heavy atom. The molecule has 4 heteroatoms. The summed E-state index contributed by atoms with van der Waals surface area (Å²) in [6.07, 6.45) is 5.94. The number of nitrogens with zero attached hydrogens (tertiary/aromatic N) is 1. The number of rotatable bonds is 5. The van der Waals surface area contributed by atoms with E-state index in [9.17, 15) is 9.50 Å². The van der Waals surface area contributed by atoms with Gasteiger partial charge >= 0.3 is 0 Å². The summed E-state index contributed by atoms with van der Waals surface area (Å²) in [5.74, 6) is 0.578. The van der Waals surface area contributed by atoms with Crippen LogP contribution >= 0.6 is 11.6 Å². The number of benzene rings is 1. The Labute approximate surface area is 130 Å². The molecule has 0 bridgehead atoms. The molecule has 2 aliphatic rings. The van der Waals surface area contributed by atoms with Crippen LogP contribution in [0.15, 0.2) is 18.2 Å². The molecule has 116 valence electrons. The SMILES string of the molecule is OCC1(CC2CC2)CCCN(Cc2ccc(Cl)cc2F)C1. The molecule has 1 aromatic rings. The predicted octanol–water partition coefficient (Wildman–Crippen LogP) is 3.85. The summed E-state index contributed by atoms with van der Waals surface area (Å²) >= 11 is 5.81. The highest BCUT2D eigenvalue weighted by molar-refractivity contribution is 6.30. The lowest BCUT2D eigenvalue weighted by atomic mass is 9.76. The zero-order chi connectivity index (χ0) is 14.9. The largest absolute Gasteiger partial charge is 0.396 e. The highest BCUT2D eigenvalue weighted by Crippen LogP contribution is 2.44. The summed E-state index contributed by atoms with van der Waals surface area (Å²) < 4.78 is 13.9. The van der Waals surface area contributed by atoms with Gasteiger partial charge in [-0.15, -0.1) is 0 Å².